The van der Waals surface area contributed by atoms with Crippen molar-refractivity contribution >= 4 is 19.8 Å². The van der Waals surface area contributed by atoms with Gasteiger partial charge in [0.15, 0.2) is 6.10 Å². The van der Waals surface area contributed by atoms with Crippen LogP contribution >= 0.6 is 7.82 Å². The fourth-order valence-corrected chi connectivity index (χ4v) is 6.46. The molecule has 0 bridgehead atoms. The molecule has 0 aromatic carbocycles. The van der Waals surface area contributed by atoms with E-state index in [2.05, 4.69) is 26.0 Å². The molecule has 0 aliphatic carbocycles. The maximum absolute atomic E-state index is 12.6. The molecule has 0 aromatic rings. The zero-order valence-corrected chi connectivity index (χ0v) is 34.7. The monoisotopic (exact) mass is 747 g/mol. The third-order valence-corrected chi connectivity index (χ3v) is 10.0. The lowest BCUT2D eigenvalue weighted by molar-refractivity contribution is -0.870. The van der Waals surface area contributed by atoms with Crippen LogP contribution in [0.2, 0.25) is 0 Å². The normalized spacial score (nSPS) is 13.8. The van der Waals surface area contributed by atoms with Crippen LogP contribution in [0.15, 0.2) is 12.2 Å². The van der Waals surface area contributed by atoms with Gasteiger partial charge >= 0.3 is 19.8 Å². The maximum atomic E-state index is 12.6. The molecule has 0 fully saturated rings. The van der Waals surface area contributed by atoms with Crippen molar-refractivity contribution in [1.29, 1.82) is 0 Å². The van der Waals surface area contributed by atoms with E-state index in [0.29, 0.717) is 23.9 Å². The molecule has 0 spiro atoms. The topological polar surface area (TPSA) is 108 Å². The molecule has 1 N–H and O–H groups in total. The Bertz CT molecular complexity index is 891. The Morgan fingerprint density at radius 3 is 1.45 bits per heavy atom. The molecule has 1 unspecified atom stereocenters. The first-order chi connectivity index (χ1) is 24.5. The Labute approximate surface area is 314 Å². The lowest BCUT2D eigenvalue weighted by Gasteiger charge is -2.24. The van der Waals surface area contributed by atoms with Gasteiger partial charge in [-0.15, -0.1) is 0 Å². The molecule has 0 rings (SSSR count). The zero-order valence-electron chi connectivity index (χ0n) is 33.9. The third kappa shape index (κ3) is 38.3. The maximum Gasteiger partial charge on any atom is 0.472 e. The van der Waals surface area contributed by atoms with Crippen LogP contribution in [0.1, 0.15) is 187 Å². The number of nitrogens with zero attached hydrogens (tertiary/aromatic N) is 1. The number of carbonyl (C=O) groups excluding carboxylic acids is 2. The molecule has 302 valence electrons. The van der Waals surface area contributed by atoms with Crippen molar-refractivity contribution in [2.24, 2.45) is 0 Å². The predicted molar refractivity (Wildman–Crippen MR) is 211 cm³/mol. The lowest BCUT2D eigenvalue weighted by Crippen LogP contribution is -2.37. The average Bonchev–Trinajstić information content (AvgIpc) is 3.07. The van der Waals surface area contributed by atoms with Crippen molar-refractivity contribution in [2.75, 3.05) is 47.5 Å². The van der Waals surface area contributed by atoms with E-state index in [9.17, 15) is 19.0 Å². The summed E-state index contributed by atoms with van der Waals surface area (Å²) in [4.78, 5) is 35.2. The standard InChI is InChI=1S/C41H80NO8P/c1-6-8-10-12-14-16-18-19-20-21-22-24-26-28-30-32-34-41(44)50-39(38-49-51(45,46)48-36-35-42(3,4)5)37-47-40(43)33-31-29-27-25-23-17-15-13-11-9-7-2/h20-21,39H,6-19,22-38H2,1-5H3/p+1/b21-20-/t39-/m1/s1. The van der Waals surface area contributed by atoms with E-state index in [1.807, 2.05) is 21.1 Å². The molecule has 51 heavy (non-hydrogen) atoms. The second-order valence-corrected chi connectivity index (χ2v) is 16.8. The summed E-state index contributed by atoms with van der Waals surface area (Å²) in [5.74, 6) is -0.803. The number of quaternary nitrogens is 1. The van der Waals surface area contributed by atoms with Gasteiger partial charge < -0.3 is 18.9 Å². The van der Waals surface area contributed by atoms with E-state index in [4.69, 9.17) is 18.5 Å². The highest BCUT2D eigenvalue weighted by molar-refractivity contribution is 7.47. The van der Waals surface area contributed by atoms with Gasteiger partial charge in [0.1, 0.15) is 19.8 Å². The highest BCUT2D eigenvalue weighted by Crippen LogP contribution is 2.43. The van der Waals surface area contributed by atoms with Crippen molar-refractivity contribution in [1.82, 2.24) is 0 Å². The van der Waals surface area contributed by atoms with Crippen LogP contribution < -0.4 is 0 Å². The van der Waals surface area contributed by atoms with E-state index in [1.165, 1.54) is 103 Å². The Kier molecular flexibility index (Phi) is 33.7. The minimum atomic E-state index is -4.37. The van der Waals surface area contributed by atoms with Crippen molar-refractivity contribution in [3.8, 4) is 0 Å². The number of rotatable bonds is 38. The van der Waals surface area contributed by atoms with E-state index < -0.39 is 26.5 Å². The zero-order chi connectivity index (χ0) is 37.9. The highest BCUT2D eigenvalue weighted by atomic mass is 31.2. The van der Waals surface area contributed by atoms with Gasteiger partial charge in [-0.05, 0) is 38.5 Å². The van der Waals surface area contributed by atoms with Crippen LogP contribution in [-0.2, 0) is 32.7 Å². The molecule has 9 nitrogen and oxygen atoms in total. The van der Waals surface area contributed by atoms with Crippen molar-refractivity contribution in [3.05, 3.63) is 12.2 Å². The summed E-state index contributed by atoms with van der Waals surface area (Å²) in [6.45, 7) is 4.41. The van der Waals surface area contributed by atoms with Gasteiger partial charge in [-0.3, -0.25) is 18.6 Å². The van der Waals surface area contributed by atoms with Crippen LogP contribution in [-0.4, -0.2) is 74.9 Å². The first-order valence-corrected chi connectivity index (χ1v) is 22.4. The predicted octanol–water partition coefficient (Wildman–Crippen LogP) is 11.4. The molecule has 0 aliphatic heterocycles. The van der Waals surface area contributed by atoms with Gasteiger partial charge in [0.05, 0.1) is 27.7 Å². The summed E-state index contributed by atoms with van der Waals surface area (Å²) >= 11 is 0. The Hall–Kier alpha value is -1.25. The molecular weight excluding hydrogens is 665 g/mol. The van der Waals surface area contributed by atoms with Gasteiger partial charge in [-0.25, -0.2) is 4.57 Å². The van der Waals surface area contributed by atoms with Crippen LogP contribution in [0.25, 0.3) is 0 Å². The van der Waals surface area contributed by atoms with Gasteiger partial charge in [0, 0.05) is 12.8 Å². The van der Waals surface area contributed by atoms with Gasteiger partial charge in [-0.1, -0.05) is 148 Å². The fourth-order valence-electron chi connectivity index (χ4n) is 5.71. The smallest absolute Gasteiger partial charge is 0.462 e. The molecule has 0 saturated heterocycles. The number of phosphoric ester groups is 1. The Balaban J connectivity index is 4.38. The Morgan fingerprint density at radius 1 is 0.588 bits per heavy atom. The van der Waals surface area contributed by atoms with Crippen molar-refractivity contribution < 1.29 is 42.1 Å². The number of carbonyl (C=O) groups is 2. The number of esters is 2. The molecule has 0 aliphatic rings. The molecule has 0 radical (unpaired) electrons. The number of phosphoric acid groups is 1. The van der Waals surface area contributed by atoms with Crippen molar-refractivity contribution in [2.45, 2.75) is 193 Å². The van der Waals surface area contributed by atoms with E-state index in [0.717, 1.165) is 51.4 Å². The summed E-state index contributed by atoms with van der Waals surface area (Å²) in [5, 5.41) is 0. The third-order valence-electron chi connectivity index (χ3n) is 9.05. The molecule has 10 heteroatoms. The SMILES string of the molecule is CCCCCCCCC/C=C\CCCCCCCC(=O)O[C@H](COC(=O)CCCCCCCCCCCCC)COP(=O)(O)OCC[N+](C)(C)C. The number of hydrogen-bond acceptors (Lipinski definition) is 7. The largest absolute Gasteiger partial charge is 0.472 e. The summed E-state index contributed by atoms with van der Waals surface area (Å²) < 4.78 is 34.2. The van der Waals surface area contributed by atoms with Crippen LogP contribution in [0.3, 0.4) is 0 Å². The van der Waals surface area contributed by atoms with E-state index in [-0.39, 0.29) is 25.6 Å². The van der Waals surface area contributed by atoms with Crippen LogP contribution in [0.4, 0.5) is 0 Å². The number of hydrogen-bond donors (Lipinski definition) is 1. The summed E-state index contributed by atoms with van der Waals surface area (Å²) in [6.07, 6.45) is 34.0. The lowest BCUT2D eigenvalue weighted by atomic mass is 10.1. The van der Waals surface area contributed by atoms with Crippen LogP contribution in [0, 0.1) is 0 Å². The Morgan fingerprint density at radius 2 is 1.00 bits per heavy atom. The minimum Gasteiger partial charge on any atom is -0.462 e. The van der Waals surface area contributed by atoms with Gasteiger partial charge in [0.25, 0.3) is 0 Å². The minimum absolute atomic E-state index is 0.0330. The van der Waals surface area contributed by atoms with Gasteiger partial charge in [0.2, 0.25) is 0 Å². The number of unbranched alkanes of at least 4 members (excludes halogenated alkanes) is 22. The molecule has 0 heterocycles. The molecule has 2 atom stereocenters. The number of allylic oxidation sites excluding steroid dienone is 2. The second kappa shape index (κ2) is 34.5. The van der Waals surface area contributed by atoms with E-state index in [1.54, 1.807) is 0 Å². The first-order valence-electron chi connectivity index (χ1n) is 20.9. The van der Waals surface area contributed by atoms with E-state index >= 15 is 0 Å². The second-order valence-electron chi connectivity index (χ2n) is 15.4. The summed E-state index contributed by atoms with van der Waals surface area (Å²) in [6, 6.07) is 0. The molecule has 0 amide bonds. The quantitative estimate of drug-likeness (QED) is 0.0219. The fraction of sp³-hybridized carbons (Fsp3) is 0.902. The highest BCUT2D eigenvalue weighted by Gasteiger charge is 2.27. The van der Waals surface area contributed by atoms with Gasteiger partial charge in [-0.2, -0.15) is 0 Å². The molecule has 0 saturated carbocycles. The number of likely N-dealkylation sites (N-methyl/N-ethyl adjacent to an activating group) is 1. The number of ether oxygens (including phenoxy) is 2. The van der Waals surface area contributed by atoms with Crippen LogP contribution in [0.5, 0.6) is 0 Å². The summed E-state index contributed by atoms with van der Waals surface area (Å²) in [5.41, 5.74) is 0. The molecule has 0 aromatic heterocycles. The average molecular weight is 747 g/mol. The van der Waals surface area contributed by atoms with Crippen molar-refractivity contribution in [3.63, 3.8) is 0 Å². The molecular formula is C41H81NO8P+. The summed E-state index contributed by atoms with van der Waals surface area (Å²) in [7, 11) is 1.48. The first kappa shape index (κ1) is 49.8.